The van der Waals surface area contributed by atoms with Crippen molar-refractivity contribution in [3.05, 3.63) is 46.5 Å². The number of aromatic carboxylic acids is 1. The van der Waals surface area contributed by atoms with Crippen molar-refractivity contribution in [2.75, 3.05) is 0 Å². The Labute approximate surface area is 119 Å². The van der Waals surface area contributed by atoms with Crippen molar-refractivity contribution in [3.63, 3.8) is 0 Å². The lowest BCUT2D eigenvalue weighted by molar-refractivity contribution is 0.0691. The Balaban J connectivity index is 2.18. The lowest BCUT2D eigenvalue weighted by Crippen LogP contribution is -2.06. The molecule has 0 bridgehead atoms. The Bertz CT molecular complexity index is 595. The van der Waals surface area contributed by atoms with Crippen LogP contribution in [0.1, 0.15) is 23.0 Å². The van der Waals surface area contributed by atoms with Gasteiger partial charge in [0.15, 0.2) is 0 Å². The Morgan fingerprint density at radius 2 is 2.32 bits per heavy atom. The van der Waals surface area contributed by atoms with Gasteiger partial charge < -0.3 is 14.4 Å². The second-order valence-electron chi connectivity index (χ2n) is 3.91. The summed E-state index contributed by atoms with van der Waals surface area (Å²) in [5, 5.41) is 9.13. The van der Waals surface area contributed by atoms with Crippen molar-refractivity contribution < 1.29 is 14.6 Å². The van der Waals surface area contributed by atoms with E-state index in [1.807, 2.05) is 11.5 Å². The number of hydrogen-bond acceptors (Lipinski definition) is 3. The van der Waals surface area contributed by atoms with E-state index in [0.29, 0.717) is 10.2 Å². The minimum Gasteiger partial charge on any atom is -0.486 e. The zero-order valence-corrected chi connectivity index (χ0v) is 11.9. The molecule has 0 unspecified atom stereocenters. The molecule has 2 aromatic rings. The predicted octanol–water partition coefficient (Wildman–Crippen LogP) is 2.94. The number of nitrogens with zero attached hydrogens (tertiary/aromatic N) is 2. The van der Waals surface area contributed by atoms with Crippen molar-refractivity contribution >= 4 is 21.9 Å². The number of aryl methyl sites for hydroxylation is 1. The van der Waals surface area contributed by atoms with Gasteiger partial charge in [-0.05, 0) is 25.1 Å². The molecule has 6 heteroatoms. The third kappa shape index (κ3) is 3.14. The summed E-state index contributed by atoms with van der Waals surface area (Å²) in [6.07, 6.45) is 3.43. The number of carboxylic acid groups (broad SMARTS) is 1. The van der Waals surface area contributed by atoms with E-state index in [1.54, 1.807) is 24.7 Å². The highest BCUT2D eigenvalue weighted by molar-refractivity contribution is 9.10. The summed E-state index contributed by atoms with van der Waals surface area (Å²) < 4.78 is 8.23. The molecule has 0 aliphatic heterocycles. The summed E-state index contributed by atoms with van der Waals surface area (Å²) in [5.74, 6) is -0.667. The SMILES string of the molecule is CCn1cncc1COc1ccc(Br)cc1C(=O)O. The summed E-state index contributed by atoms with van der Waals surface area (Å²) in [6.45, 7) is 3.09. The van der Waals surface area contributed by atoms with E-state index in [2.05, 4.69) is 20.9 Å². The first-order valence-corrected chi connectivity index (χ1v) is 6.55. The van der Waals surface area contributed by atoms with E-state index in [1.165, 1.54) is 6.07 Å². The fraction of sp³-hybridized carbons (Fsp3) is 0.231. The molecule has 0 aliphatic carbocycles. The van der Waals surface area contributed by atoms with E-state index < -0.39 is 5.97 Å². The number of rotatable bonds is 5. The van der Waals surface area contributed by atoms with Gasteiger partial charge >= 0.3 is 5.97 Å². The van der Waals surface area contributed by atoms with Crippen molar-refractivity contribution in [1.29, 1.82) is 0 Å². The molecule has 0 atom stereocenters. The first-order valence-electron chi connectivity index (χ1n) is 5.76. The van der Waals surface area contributed by atoms with Crippen LogP contribution in [0.5, 0.6) is 5.75 Å². The van der Waals surface area contributed by atoms with E-state index in [0.717, 1.165) is 12.2 Å². The van der Waals surface area contributed by atoms with Crippen LogP contribution in [0.4, 0.5) is 0 Å². The summed E-state index contributed by atoms with van der Waals surface area (Å²) in [4.78, 5) is 15.2. The topological polar surface area (TPSA) is 64.4 Å². The quantitative estimate of drug-likeness (QED) is 0.918. The maximum absolute atomic E-state index is 11.1. The Morgan fingerprint density at radius 1 is 1.53 bits per heavy atom. The molecule has 1 heterocycles. The van der Waals surface area contributed by atoms with Gasteiger partial charge in [0.25, 0.3) is 0 Å². The first-order chi connectivity index (χ1) is 9.11. The number of benzene rings is 1. The average Bonchev–Trinajstić information content (AvgIpc) is 2.84. The third-order valence-corrected chi connectivity index (χ3v) is 3.18. The highest BCUT2D eigenvalue weighted by Crippen LogP contribution is 2.24. The van der Waals surface area contributed by atoms with Gasteiger partial charge in [-0.1, -0.05) is 15.9 Å². The average molecular weight is 325 g/mol. The molecule has 1 aromatic carbocycles. The van der Waals surface area contributed by atoms with Crippen LogP contribution in [0.15, 0.2) is 35.2 Å². The molecule has 5 nitrogen and oxygen atoms in total. The molecule has 0 fully saturated rings. The normalized spacial score (nSPS) is 10.4. The largest absolute Gasteiger partial charge is 0.486 e. The lowest BCUT2D eigenvalue weighted by Gasteiger charge is -2.10. The Hall–Kier alpha value is -1.82. The lowest BCUT2D eigenvalue weighted by atomic mass is 10.2. The van der Waals surface area contributed by atoms with Crippen LogP contribution in [-0.2, 0) is 13.2 Å². The predicted molar refractivity (Wildman–Crippen MR) is 73.3 cm³/mol. The number of ether oxygens (including phenoxy) is 1. The highest BCUT2D eigenvalue weighted by atomic mass is 79.9. The van der Waals surface area contributed by atoms with Gasteiger partial charge in [-0.2, -0.15) is 0 Å². The molecular weight excluding hydrogens is 312 g/mol. The molecule has 0 aliphatic rings. The highest BCUT2D eigenvalue weighted by Gasteiger charge is 2.12. The molecule has 0 amide bonds. The molecular formula is C13H13BrN2O3. The van der Waals surface area contributed by atoms with Crippen LogP contribution in [0.25, 0.3) is 0 Å². The maximum Gasteiger partial charge on any atom is 0.339 e. The van der Waals surface area contributed by atoms with Gasteiger partial charge in [-0.3, -0.25) is 0 Å². The monoisotopic (exact) mass is 324 g/mol. The van der Waals surface area contributed by atoms with E-state index in [-0.39, 0.29) is 12.2 Å². The number of halogens is 1. The minimum atomic E-state index is -1.01. The van der Waals surface area contributed by atoms with Crippen molar-refractivity contribution in [3.8, 4) is 5.75 Å². The van der Waals surface area contributed by atoms with Gasteiger partial charge in [-0.15, -0.1) is 0 Å². The maximum atomic E-state index is 11.1. The van der Waals surface area contributed by atoms with Crippen LogP contribution in [0, 0.1) is 0 Å². The minimum absolute atomic E-state index is 0.136. The summed E-state index contributed by atoms with van der Waals surface area (Å²) in [5.41, 5.74) is 1.04. The van der Waals surface area contributed by atoms with Crippen LogP contribution in [0.2, 0.25) is 0 Å². The summed E-state index contributed by atoms with van der Waals surface area (Å²) >= 11 is 3.24. The van der Waals surface area contributed by atoms with Gasteiger partial charge in [0, 0.05) is 11.0 Å². The van der Waals surface area contributed by atoms with Gasteiger partial charge in [0.05, 0.1) is 18.2 Å². The van der Waals surface area contributed by atoms with Crippen molar-refractivity contribution in [2.24, 2.45) is 0 Å². The van der Waals surface area contributed by atoms with Crippen LogP contribution in [-0.4, -0.2) is 20.6 Å². The molecule has 0 spiro atoms. The fourth-order valence-corrected chi connectivity index (χ4v) is 2.06. The van der Waals surface area contributed by atoms with E-state index >= 15 is 0 Å². The second-order valence-corrected chi connectivity index (χ2v) is 4.82. The van der Waals surface area contributed by atoms with Gasteiger partial charge in [0.1, 0.15) is 17.9 Å². The van der Waals surface area contributed by atoms with Crippen molar-refractivity contribution in [2.45, 2.75) is 20.1 Å². The number of imidazole rings is 1. The van der Waals surface area contributed by atoms with Gasteiger partial charge in [0.2, 0.25) is 0 Å². The number of hydrogen-bond donors (Lipinski definition) is 1. The second kappa shape index (κ2) is 5.88. The zero-order valence-electron chi connectivity index (χ0n) is 10.3. The summed E-state index contributed by atoms with van der Waals surface area (Å²) in [6, 6.07) is 4.91. The third-order valence-electron chi connectivity index (χ3n) is 2.69. The molecule has 0 saturated carbocycles. The molecule has 1 aromatic heterocycles. The molecule has 1 N–H and O–H groups in total. The first kappa shape index (κ1) is 13.6. The van der Waals surface area contributed by atoms with Gasteiger partial charge in [-0.25, -0.2) is 9.78 Å². The zero-order chi connectivity index (χ0) is 13.8. The molecule has 0 radical (unpaired) electrons. The summed E-state index contributed by atoms with van der Waals surface area (Å²) in [7, 11) is 0. The number of carboxylic acids is 1. The molecule has 0 saturated heterocycles. The molecule has 19 heavy (non-hydrogen) atoms. The number of carbonyl (C=O) groups is 1. The van der Waals surface area contributed by atoms with Crippen LogP contribution >= 0.6 is 15.9 Å². The van der Waals surface area contributed by atoms with E-state index in [4.69, 9.17) is 9.84 Å². The Morgan fingerprint density at radius 3 is 3.00 bits per heavy atom. The fourth-order valence-electron chi connectivity index (χ4n) is 1.70. The van der Waals surface area contributed by atoms with Crippen molar-refractivity contribution in [1.82, 2.24) is 9.55 Å². The molecule has 100 valence electrons. The standard InChI is InChI=1S/C13H13BrN2O3/c1-2-16-8-15-6-10(16)7-19-12-4-3-9(14)5-11(12)13(17)18/h3-6,8H,2,7H2,1H3,(H,17,18). The smallest absolute Gasteiger partial charge is 0.339 e. The van der Waals surface area contributed by atoms with E-state index in [9.17, 15) is 4.79 Å². The number of aromatic nitrogens is 2. The Kier molecular flexibility index (Phi) is 4.21. The molecule has 2 rings (SSSR count). The van der Waals surface area contributed by atoms with Crippen LogP contribution in [0.3, 0.4) is 0 Å². The van der Waals surface area contributed by atoms with Crippen LogP contribution < -0.4 is 4.74 Å².